The standard InChI is InChI=1S/C23H24N6O2/c1-14(2)29-13-17(7-8-21(29)30)19-12-26-23(24)22(27-19)20-10-18(28-31-20)16-6-4-5-15(9-16)11-25-3/h4-10,12-14,25H,11H2,1-3H3,(H2,24,26). The van der Waals surface area contributed by atoms with Gasteiger partial charge >= 0.3 is 0 Å². The van der Waals surface area contributed by atoms with Gasteiger partial charge in [-0.3, -0.25) is 4.79 Å². The lowest BCUT2D eigenvalue weighted by atomic mass is 10.1. The molecule has 0 radical (unpaired) electrons. The van der Waals surface area contributed by atoms with Crippen molar-refractivity contribution in [3.8, 4) is 34.0 Å². The van der Waals surface area contributed by atoms with E-state index in [9.17, 15) is 4.79 Å². The Morgan fingerprint density at radius 2 is 1.97 bits per heavy atom. The summed E-state index contributed by atoms with van der Waals surface area (Å²) in [6.45, 7) is 4.66. The van der Waals surface area contributed by atoms with Crippen LogP contribution in [0.15, 0.2) is 64.2 Å². The second kappa shape index (κ2) is 8.53. The maximum Gasteiger partial charge on any atom is 0.250 e. The summed E-state index contributed by atoms with van der Waals surface area (Å²) in [4.78, 5) is 21.0. The molecule has 4 rings (SSSR count). The quantitative estimate of drug-likeness (QED) is 0.495. The zero-order chi connectivity index (χ0) is 22.0. The number of rotatable bonds is 6. The van der Waals surface area contributed by atoms with Crippen molar-refractivity contribution >= 4 is 5.82 Å². The summed E-state index contributed by atoms with van der Waals surface area (Å²) in [5.74, 6) is 0.672. The van der Waals surface area contributed by atoms with Crippen LogP contribution in [0.25, 0.3) is 34.0 Å². The van der Waals surface area contributed by atoms with Crippen molar-refractivity contribution in [2.75, 3.05) is 12.8 Å². The summed E-state index contributed by atoms with van der Waals surface area (Å²) < 4.78 is 7.20. The SMILES string of the molecule is CNCc1cccc(-c2cc(-c3nc(-c4ccc(=O)n(C(C)C)c4)cnc3N)on2)c1. The number of hydrogen-bond donors (Lipinski definition) is 2. The first-order valence-electron chi connectivity index (χ1n) is 10.0. The van der Waals surface area contributed by atoms with Gasteiger partial charge in [-0.25, -0.2) is 9.97 Å². The lowest BCUT2D eigenvalue weighted by molar-refractivity contribution is 0.434. The van der Waals surface area contributed by atoms with Gasteiger partial charge < -0.3 is 20.1 Å². The van der Waals surface area contributed by atoms with Gasteiger partial charge in [-0.1, -0.05) is 23.4 Å². The normalized spacial score (nSPS) is 11.2. The minimum absolute atomic E-state index is 0.0316. The van der Waals surface area contributed by atoms with Crippen LogP contribution in [0.2, 0.25) is 0 Å². The number of nitrogens with one attached hydrogen (secondary N) is 1. The zero-order valence-electron chi connectivity index (χ0n) is 17.7. The molecule has 3 heterocycles. The first-order valence-corrected chi connectivity index (χ1v) is 10.0. The minimum atomic E-state index is -0.0669. The van der Waals surface area contributed by atoms with Crippen LogP contribution in [-0.4, -0.2) is 26.7 Å². The molecule has 0 spiro atoms. The topological polar surface area (TPSA) is 112 Å². The molecule has 0 atom stereocenters. The van der Waals surface area contributed by atoms with E-state index in [1.54, 1.807) is 29.1 Å². The van der Waals surface area contributed by atoms with Gasteiger partial charge in [0.1, 0.15) is 5.69 Å². The van der Waals surface area contributed by atoms with E-state index in [0.717, 1.165) is 23.2 Å². The van der Waals surface area contributed by atoms with Gasteiger partial charge in [-0.15, -0.1) is 0 Å². The molecule has 0 amide bonds. The molecule has 0 saturated heterocycles. The van der Waals surface area contributed by atoms with Crippen molar-refractivity contribution in [3.05, 3.63) is 70.8 Å². The Hall–Kier alpha value is -3.78. The van der Waals surface area contributed by atoms with Crippen molar-refractivity contribution in [2.24, 2.45) is 0 Å². The number of benzene rings is 1. The number of pyridine rings is 1. The fourth-order valence-corrected chi connectivity index (χ4v) is 3.35. The Morgan fingerprint density at radius 1 is 1.13 bits per heavy atom. The Kier molecular flexibility index (Phi) is 5.64. The van der Waals surface area contributed by atoms with E-state index in [2.05, 4.69) is 26.5 Å². The summed E-state index contributed by atoms with van der Waals surface area (Å²) in [7, 11) is 1.91. The molecule has 3 N–H and O–H groups in total. The highest BCUT2D eigenvalue weighted by atomic mass is 16.5. The van der Waals surface area contributed by atoms with Gasteiger partial charge in [-0.05, 0) is 38.6 Å². The molecule has 0 unspecified atom stereocenters. The molecular weight excluding hydrogens is 392 g/mol. The minimum Gasteiger partial charge on any atom is -0.382 e. The van der Waals surface area contributed by atoms with Crippen molar-refractivity contribution in [1.29, 1.82) is 0 Å². The molecule has 0 fully saturated rings. The molecule has 0 aliphatic rings. The van der Waals surface area contributed by atoms with Gasteiger partial charge in [0.25, 0.3) is 5.56 Å². The van der Waals surface area contributed by atoms with Crippen LogP contribution in [0.4, 0.5) is 5.82 Å². The molecule has 3 aromatic heterocycles. The van der Waals surface area contributed by atoms with E-state index in [4.69, 9.17) is 10.3 Å². The highest BCUT2D eigenvalue weighted by Crippen LogP contribution is 2.29. The van der Waals surface area contributed by atoms with E-state index in [-0.39, 0.29) is 17.4 Å². The molecule has 8 nitrogen and oxygen atoms in total. The predicted molar refractivity (Wildman–Crippen MR) is 120 cm³/mol. The molecule has 0 aliphatic carbocycles. The summed E-state index contributed by atoms with van der Waals surface area (Å²) in [5.41, 5.74) is 10.6. The molecule has 0 aliphatic heterocycles. The van der Waals surface area contributed by atoms with Crippen molar-refractivity contribution in [3.63, 3.8) is 0 Å². The van der Waals surface area contributed by atoms with Gasteiger partial charge in [0.15, 0.2) is 17.3 Å². The first-order chi connectivity index (χ1) is 15.0. The van der Waals surface area contributed by atoms with Crippen LogP contribution in [-0.2, 0) is 6.54 Å². The lowest BCUT2D eigenvalue weighted by Gasteiger charge is -2.11. The van der Waals surface area contributed by atoms with Gasteiger partial charge in [0.05, 0.1) is 11.9 Å². The average molecular weight is 416 g/mol. The summed E-state index contributed by atoms with van der Waals surface area (Å²) in [6.07, 6.45) is 3.36. The molecular formula is C23H24N6O2. The Labute approximate surface area is 179 Å². The Bertz CT molecular complexity index is 1280. The molecule has 0 saturated carbocycles. The maximum atomic E-state index is 12.1. The molecule has 1 aromatic carbocycles. The third-order valence-electron chi connectivity index (χ3n) is 4.94. The predicted octanol–water partition coefficient (Wildman–Crippen LogP) is 3.51. The fourth-order valence-electron chi connectivity index (χ4n) is 3.35. The second-order valence-corrected chi connectivity index (χ2v) is 7.55. The summed E-state index contributed by atoms with van der Waals surface area (Å²) >= 11 is 0. The monoisotopic (exact) mass is 416 g/mol. The summed E-state index contributed by atoms with van der Waals surface area (Å²) in [5, 5.41) is 7.33. The number of nitrogen functional groups attached to an aromatic ring is 1. The van der Waals surface area contributed by atoms with E-state index < -0.39 is 0 Å². The van der Waals surface area contributed by atoms with Crippen LogP contribution in [0.3, 0.4) is 0 Å². The van der Waals surface area contributed by atoms with Crippen molar-refractivity contribution in [2.45, 2.75) is 26.4 Å². The third kappa shape index (κ3) is 4.24. The van der Waals surface area contributed by atoms with Gasteiger partial charge in [0, 0.05) is 42.0 Å². The van der Waals surface area contributed by atoms with E-state index >= 15 is 0 Å². The smallest absolute Gasteiger partial charge is 0.250 e. The molecule has 8 heteroatoms. The third-order valence-corrected chi connectivity index (χ3v) is 4.94. The van der Waals surface area contributed by atoms with Crippen LogP contribution in [0.5, 0.6) is 0 Å². The fraction of sp³-hybridized carbons (Fsp3) is 0.217. The van der Waals surface area contributed by atoms with Crippen molar-refractivity contribution < 1.29 is 4.52 Å². The van der Waals surface area contributed by atoms with Crippen LogP contribution >= 0.6 is 0 Å². The molecule has 4 aromatic rings. The van der Waals surface area contributed by atoms with Crippen LogP contribution in [0.1, 0.15) is 25.5 Å². The van der Waals surface area contributed by atoms with E-state index in [1.807, 2.05) is 39.1 Å². The number of nitrogens with two attached hydrogens (primary N) is 1. The summed E-state index contributed by atoms with van der Waals surface area (Å²) in [6, 6.07) is 13.1. The highest BCUT2D eigenvalue weighted by Gasteiger charge is 2.16. The number of nitrogens with zero attached hydrogens (tertiary/aromatic N) is 4. The highest BCUT2D eigenvalue weighted by molar-refractivity contribution is 5.73. The number of hydrogen-bond acceptors (Lipinski definition) is 7. The van der Waals surface area contributed by atoms with Crippen LogP contribution < -0.4 is 16.6 Å². The average Bonchev–Trinajstić information content (AvgIpc) is 3.25. The largest absolute Gasteiger partial charge is 0.382 e. The Morgan fingerprint density at radius 3 is 2.74 bits per heavy atom. The molecule has 31 heavy (non-hydrogen) atoms. The Balaban J connectivity index is 1.71. The van der Waals surface area contributed by atoms with Gasteiger partial charge in [0.2, 0.25) is 0 Å². The second-order valence-electron chi connectivity index (χ2n) is 7.55. The number of anilines is 1. The van der Waals surface area contributed by atoms with E-state index in [1.165, 1.54) is 6.07 Å². The lowest BCUT2D eigenvalue weighted by Crippen LogP contribution is -2.20. The zero-order valence-corrected chi connectivity index (χ0v) is 17.7. The van der Waals surface area contributed by atoms with Gasteiger partial charge in [-0.2, -0.15) is 0 Å². The molecule has 158 valence electrons. The maximum absolute atomic E-state index is 12.1. The van der Waals surface area contributed by atoms with E-state index in [0.29, 0.717) is 22.8 Å². The number of aromatic nitrogens is 4. The van der Waals surface area contributed by atoms with Crippen LogP contribution in [0, 0.1) is 0 Å². The van der Waals surface area contributed by atoms with Crippen molar-refractivity contribution in [1.82, 2.24) is 25.0 Å². The molecule has 0 bridgehead atoms. The first kappa shape index (κ1) is 20.5.